The van der Waals surface area contributed by atoms with Crippen molar-refractivity contribution in [2.45, 2.75) is 38.9 Å². The molecule has 4 atom stereocenters. The van der Waals surface area contributed by atoms with Crippen molar-refractivity contribution in [3.63, 3.8) is 0 Å². The van der Waals surface area contributed by atoms with Crippen molar-refractivity contribution in [3.05, 3.63) is 53.9 Å². The van der Waals surface area contributed by atoms with Crippen LogP contribution < -0.4 is 10.1 Å². The first-order valence-electron chi connectivity index (χ1n) is 11.8. The molecule has 2 aromatic rings. The molecule has 2 heterocycles. The highest BCUT2D eigenvalue weighted by molar-refractivity contribution is 5.95. The van der Waals surface area contributed by atoms with Gasteiger partial charge in [-0.25, -0.2) is 4.98 Å². The van der Waals surface area contributed by atoms with Gasteiger partial charge in [0.1, 0.15) is 18.6 Å². The van der Waals surface area contributed by atoms with Gasteiger partial charge in [0, 0.05) is 18.8 Å². The number of nitrogens with one attached hydrogen (secondary N) is 1. The van der Waals surface area contributed by atoms with Crippen LogP contribution in [0.2, 0.25) is 0 Å². The first-order valence-corrected chi connectivity index (χ1v) is 11.8. The topological polar surface area (TPSA) is 150 Å². The number of amides is 1. The number of methoxy groups -OCH3 is 1. The number of benzene rings is 1. The molecule has 1 aliphatic heterocycles. The minimum atomic E-state index is -1.12. The van der Waals surface area contributed by atoms with Gasteiger partial charge in [0.05, 0.1) is 19.4 Å². The van der Waals surface area contributed by atoms with Gasteiger partial charge in [-0.2, -0.15) is 0 Å². The summed E-state index contributed by atoms with van der Waals surface area (Å²) >= 11 is 0. The summed E-state index contributed by atoms with van der Waals surface area (Å²) in [6.07, 6.45) is -0.648. The zero-order valence-corrected chi connectivity index (χ0v) is 20.8. The SMILES string of the molecule is COc1ccnc(C(=O)NCC(C)C(=O)O[C@H]2[C@H](C)OC(=O)CCOC(=O)[C@@H]2Cc2ccccc2)c1O. The second-order valence-corrected chi connectivity index (χ2v) is 8.63. The first-order chi connectivity index (χ1) is 17.7. The van der Waals surface area contributed by atoms with E-state index < -0.39 is 53.6 Å². The predicted octanol–water partition coefficient (Wildman–Crippen LogP) is 1.81. The Kier molecular flexibility index (Phi) is 9.42. The van der Waals surface area contributed by atoms with Crippen molar-refractivity contribution >= 4 is 23.8 Å². The third-order valence-corrected chi connectivity index (χ3v) is 5.87. The number of carbonyl (C=O) groups is 4. The Labute approximate surface area is 214 Å². The molecular formula is C26H30N2O9. The van der Waals surface area contributed by atoms with Gasteiger partial charge in [0.25, 0.3) is 5.91 Å². The maximum Gasteiger partial charge on any atom is 0.313 e. The molecule has 2 N–H and O–H groups in total. The molecule has 1 aromatic carbocycles. The Morgan fingerprint density at radius 2 is 1.95 bits per heavy atom. The molecule has 1 amide bonds. The number of carbonyl (C=O) groups excluding carboxylic acids is 4. The monoisotopic (exact) mass is 514 g/mol. The van der Waals surface area contributed by atoms with Crippen molar-refractivity contribution in [1.29, 1.82) is 0 Å². The summed E-state index contributed by atoms with van der Waals surface area (Å²) in [4.78, 5) is 54.3. The van der Waals surface area contributed by atoms with Crippen LogP contribution in [0.3, 0.4) is 0 Å². The van der Waals surface area contributed by atoms with Gasteiger partial charge in [-0.3, -0.25) is 19.2 Å². The molecule has 3 rings (SSSR count). The Bertz CT molecular complexity index is 1120. The lowest BCUT2D eigenvalue weighted by Crippen LogP contribution is -2.44. The van der Waals surface area contributed by atoms with Gasteiger partial charge >= 0.3 is 17.9 Å². The van der Waals surface area contributed by atoms with Gasteiger partial charge in [-0.05, 0) is 18.9 Å². The fourth-order valence-electron chi connectivity index (χ4n) is 3.81. The maximum absolute atomic E-state index is 13.0. The molecule has 0 radical (unpaired) electrons. The molecule has 1 aliphatic rings. The van der Waals surface area contributed by atoms with E-state index in [1.807, 2.05) is 30.3 Å². The largest absolute Gasteiger partial charge is 0.503 e. The first kappa shape index (κ1) is 27.4. The molecule has 0 aliphatic carbocycles. The lowest BCUT2D eigenvalue weighted by Gasteiger charge is -2.30. The van der Waals surface area contributed by atoms with Crippen molar-refractivity contribution in [2.75, 3.05) is 20.3 Å². The van der Waals surface area contributed by atoms with E-state index in [0.29, 0.717) is 0 Å². The van der Waals surface area contributed by atoms with E-state index >= 15 is 0 Å². The summed E-state index contributed by atoms with van der Waals surface area (Å²) in [5.41, 5.74) is 0.552. The van der Waals surface area contributed by atoms with Crippen LogP contribution in [-0.4, -0.2) is 66.4 Å². The second-order valence-electron chi connectivity index (χ2n) is 8.63. The minimum absolute atomic E-state index is 0.0766. The smallest absolute Gasteiger partial charge is 0.313 e. The third-order valence-electron chi connectivity index (χ3n) is 5.87. The zero-order valence-electron chi connectivity index (χ0n) is 20.8. The summed E-state index contributed by atoms with van der Waals surface area (Å²) in [6.45, 7) is 2.79. The highest BCUT2D eigenvalue weighted by atomic mass is 16.6. The number of rotatable bonds is 8. The Hall–Kier alpha value is -4.15. The van der Waals surface area contributed by atoms with E-state index in [1.54, 1.807) is 6.92 Å². The highest BCUT2D eigenvalue weighted by Crippen LogP contribution is 2.28. The second kappa shape index (κ2) is 12.7. The minimum Gasteiger partial charge on any atom is -0.503 e. The van der Waals surface area contributed by atoms with Crippen LogP contribution in [0.1, 0.15) is 36.3 Å². The lowest BCUT2D eigenvalue weighted by atomic mass is 9.91. The number of esters is 3. The fraction of sp³-hybridized carbons (Fsp3) is 0.423. The van der Waals surface area contributed by atoms with E-state index in [1.165, 1.54) is 26.3 Å². The van der Waals surface area contributed by atoms with Gasteiger partial charge < -0.3 is 29.4 Å². The molecule has 0 saturated carbocycles. The molecule has 1 unspecified atom stereocenters. The molecule has 1 saturated heterocycles. The fourth-order valence-corrected chi connectivity index (χ4v) is 3.81. The predicted molar refractivity (Wildman–Crippen MR) is 129 cm³/mol. The molecule has 11 nitrogen and oxygen atoms in total. The van der Waals surface area contributed by atoms with Crippen LogP contribution in [0.4, 0.5) is 0 Å². The van der Waals surface area contributed by atoms with Crippen molar-refractivity contribution in [1.82, 2.24) is 10.3 Å². The standard InChI is InChI=1S/C26H30N2O9/c1-15(14-28-24(31)21-22(30)19(34-3)9-11-27-21)25(32)37-23-16(2)36-20(29)10-12-35-26(33)18(23)13-17-7-5-4-6-8-17/h4-9,11,15-16,18,23,30H,10,12-14H2,1-3H3,(H,28,31)/t15?,16-,18+,23-/m0/s1. The van der Waals surface area contributed by atoms with Crippen molar-refractivity contribution < 1.29 is 43.2 Å². The van der Waals surface area contributed by atoms with Crippen LogP contribution in [0.25, 0.3) is 0 Å². The molecule has 0 bridgehead atoms. The maximum atomic E-state index is 13.0. The van der Waals surface area contributed by atoms with Crippen LogP contribution in [0.5, 0.6) is 11.5 Å². The summed E-state index contributed by atoms with van der Waals surface area (Å²) in [5.74, 6) is -4.74. The average molecular weight is 515 g/mol. The quantitative estimate of drug-likeness (QED) is 0.394. The van der Waals surface area contributed by atoms with Gasteiger partial charge in [0.2, 0.25) is 0 Å². The zero-order chi connectivity index (χ0) is 26.9. The number of cyclic esters (lactones) is 2. The number of aromatic hydroxyl groups is 1. The lowest BCUT2D eigenvalue weighted by molar-refractivity contribution is -0.176. The van der Waals surface area contributed by atoms with Crippen LogP contribution in [0.15, 0.2) is 42.6 Å². The van der Waals surface area contributed by atoms with Crippen molar-refractivity contribution in [2.24, 2.45) is 11.8 Å². The molecule has 1 fully saturated rings. The molecular weight excluding hydrogens is 484 g/mol. The van der Waals surface area contributed by atoms with Gasteiger partial charge in [-0.15, -0.1) is 0 Å². The normalized spacial score (nSPS) is 20.8. The van der Waals surface area contributed by atoms with E-state index in [4.69, 9.17) is 18.9 Å². The van der Waals surface area contributed by atoms with Crippen LogP contribution in [0, 0.1) is 11.8 Å². The summed E-state index contributed by atoms with van der Waals surface area (Å²) in [5, 5.41) is 12.6. The van der Waals surface area contributed by atoms with E-state index in [-0.39, 0.29) is 37.4 Å². The van der Waals surface area contributed by atoms with Crippen molar-refractivity contribution in [3.8, 4) is 11.5 Å². The summed E-state index contributed by atoms with van der Waals surface area (Å²) in [7, 11) is 1.34. The number of hydrogen-bond acceptors (Lipinski definition) is 10. The van der Waals surface area contributed by atoms with Crippen LogP contribution in [-0.2, 0) is 35.0 Å². The Balaban J connectivity index is 1.73. The molecule has 1 aromatic heterocycles. The summed E-state index contributed by atoms with van der Waals surface area (Å²) in [6, 6.07) is 10.5. The summed E-state index contributed by atoms with van der Waals surface area (Å²) < 4.78 is 21.4. The number of hydrogen-bond donors (Lipinski definition) is 2. The highest BCUT2D eigenvalue weighted by Gasteiger charge is 2.40. The molecule has 11 heteroatoms. The molecule has 37 heavy (non-hydrogen) atoms. The van der Waals surface area contributed by atoms with Gasteiger partial charge in [-0.1, -0.05) is 37.3 Å². The average Bonchev–Trinajstić information content (AvgIpc) is 2.93. The Morgan fingerprint density at radius 1 is 1.22 bits per heavy atom. The number of pyridine rings is 1. The number of aromatic nitrogens is 1. The van der Waals surface area contributed by atoms with E-state index in [2.05, 4.69) is 10.3 Å². The number of ether oxygens (including phenoxy) is 4. The van der Waals surface area contributed by atoms with E-state index in [9.17, 15) is 24.3 Å². The molecule has 0 spiro atoms. The third kappa shape index (κ3) is 7.18. The van der Waals surface area contributed by atoms with Crippen LogP contribution >= 0.6 is 0 Å². The van der Waals surface area contributed by atoms with Gasteiger partial charge in [0.15, 0.2) is 23.3 Å². The Morgan fingerprint density at radius 3 is 2.65 bits per heavy atom. The number of nitrogens with zero attached hydrogens (tertiary/aromatic N) is 1. The van der Waals surface area contributed by atoms with E-state index in [0.717, 1.165) is 5.56 Å². The molecule has 198 valence electrons.